The lowest BCUT2D eigenvalue weighted by molar-refractivity contribution is 0.0797. The van der Waals surface area contributed by atoms with E-state index in [9.17, 15) is 35.4 Å². The van der Waals surface area contributed by atoms with Gasteiger partial charge in [0.05, 0.1) is 6.61 Å². The van der Waals surface area contributed by atoms with Crippen LogP contribution in [0.5, 0.6) is 46.0 Å². The highest BCUT2D eigenvalue weighted by atomic mass is 16.5. The topological polar surface area (TPSA) is 157 Å². The summed E-state index contributed by atoms with van der Waals surface area (Å²) in [5.74, 6) is -2.62. The minimum Gasteiger partial charge on any atom is -0.508 e. The van der Waals surface area contributed by atoms with E-state index in [2.05, 4.69) is 0 Å². The highest BCUT2D eigenvalue weighted by molar-refractivity contribution is 5.97. The van der Waals surface area contributed by atoms with E-state index in [0.29, 0.717) is 11.1 Å². The minimum absolute atomic E-state index is 0.0616. The van der Waals surface area contributed by atoms with E-state index in [1.807, 2.05) is 0 Å². The number of aromatic hydroxyl groups is 6. The van der Waals surface area contributed by atoms with Crippen LogP contribution in [0.1, 0.15) is 40.9 Å². The monoisotopic (exact) mass is 468 g/mol. The van der Waals surface area contributed by atoms with Crippen LogP contribution in [-0.4, -0.2) is 43.0 Å². The Hall–Kier alpha value is -4.27. The van der Waals surface area contributed by atoms with Crippen molar-refractivity contribution >= 4 is 5.78 Å². The van der Waals surface area contributed by atoms with Gasteiger partial charge in [-0.3, -0.25) is 4.79 Å². The average molecular weight is 468 g/mol. The van der Waals surface area contributed by atoms with Crippen LogP contribution in [0, 0.1) is 5.92 Å². The van der Waals surface area contributed by atoms with Crippen LogP contribution in [0.3, 0.4) is 0 Å². The second kappa shape index (κ2) is 8.93. The number of phenols is 6. The van der Waals surface area contributed by atoms with Gasteiger partial charge < -0.3 is 40.1 Å². The number of hydrogen-bond donors (Lipinski definition) is 6. The largest absolute Gasteiger partial charge is 0.508 e. The number of hydrogen-bond acceptors (Lipinski definition) is 9. The SMILES string of the molecule is CCOc1c(O)cc(C(=O)C[C@@H]2Cc3c(O)cc(O)cc3O[C@H]2c2ccc(O)c(O)c2)cc1O. The highest BCUT2D eigenvalue weighted by Gasteiger charge is 2.35. The molecule has 0 saturated heterocycles. The van der Waals surface area contributed by atoms with Gasteiger partial charge in [-0.25, -0.2) is 0 Å². The third kappa shape index (κ3) is 4.32. The van der Waals surface area contributed by atoms with Crippen molar-refractivity contribution in [2.24, 2.45) is 5.92 Å². The third-order valence-corrected chi connectivity index (χ3v) is 5.75. The number of phenolic OH excluding ortho intramolecular Hbond substituents is 6. The number of carbonyl (C=O) groups excluding carboxylic acids is 1. The van der Waals surface area contributed by atoms with Gasteiger partial charge in [0, 0.05) is 35.6 Å². The van der Waals surface area contributed by atoms with E-state index in [1.165, 1.54) is 36.4 Å². The van der Waals surface area contributed by atoms with E-state index < -0.39 is 17.8 Å². The quantitative estimate of drug-likeness (QED) is 0.233. The van der Waals surface area contributed by atoms with E-state index in [4.69, 9.17) is 9.47 Å². The van der Waals surface area contributed by atoms with Crippen LogP contribution in [0.2, 0.25) is 0 Å². The van der Waals surface area contributed by atoms with Gasteiger partial charge in [0.2, 0.25) is 5.75 Å². The number of rotatable bonds is 6. The summed E-state index contributed by atoms with van der Waals surface area (Å²) in [5, 5.41) is 60.2. The van der Waals surface area contributed by atoms with Crippen LogP contribution in [-0.2, 0) is 6.42 Å². The second-order valence-corrected chi connectivity index (χ2v) is 8.10. The lowest BCUT2D eigenvalue weighted by Gasteiger charge is -2.34. The zero-order chi connectivity index (χ0) is 24.6. The maximum atomic E-state index is 13.1. The Labute approximate surface area is 194 Å². The predicted octanol–water partition coefficient (Wildman–Crippen LogP) is 3.88. The molecule has 0 amide bonds. The Morgan fingerprint density at radius 2 is 1.62 bits per heavy atom. The molecule has 2 atom stereocenters. The molecule has 0 spiro atoms. The van der Waals surface area contributed by atoms with Gasteiger partial charge in [-0.05, 0) is 43.2 Å². The Morgan fingerprint density at radius 1 is 0.912 bits per heavy atom. The predicted molar refractivity (Wildman–Crippen MR) is 120 cm³/mol. The first-order chi connectivity index (χ1) is 16.2. The van der Waals surface area contributed by atoms with Crippen molar-refractivity contribution < 1.29 is 44.9 Å². The fourth-order valence-electron chi connectivity index (χ4n) is 4.17. The molecule has 178 valence electrons. The summed E-state index contributed by atoms with van der Waals surface area (Å²) < 4.78 is 11.2. The highest BCUT2D eigenvalue weighted by Crippen LogP contribution is 2.47. The molecule has 4 rings (SSSR count). The molecule has 1 heterocycles. The molecule has 0 fully saturated rings. The summed E-state index contributed by atoms with van der Waals surface area (Å²) in [6, 6.07) is 9.10. The summed E-state index contributed by atoms with van der Waals surface area (Å²) in [4.78, 5) is 13.1. The molecule has 0 saturated carbocycles. The maximum Gasteiger partial charge on any atom is 0.203 e. The zero-order valence-corrected chi connectivity index (χ0v) is 18.2. The summed E-state index contributed by atoms with van der Waals surface area (Å²) in [7, 11) is 0. The fraction of sp³-hybridized carbons (Fsp3) is 0.240. The van der Waals surface area contributed by atoms with Crippen LogP contribution in [0.15, 0.2) is 42.5 Å². The van der Waals surface area contributed by atoms with Gasteiger partial charge in [0.25, 0.3) is 0 Å². The fourth-order valence-corrected chi connectivity index (χ4v) is 4.17. The Balaban J connectivity index is 1.69. The number of fused-ring (bicyclic) bond motifs is 1. The number of carbonyl (C=O) groups is 1. The average Bonchev–Trinajstić information content (AvgIpc) is 2.78. The smallest absolute Gasteiger partial charge is 0.203 e. The summed E-state index contributed by atoms with van der Waals surface area (Å²) >= 11 is 0. The van der Waals surface area contributed by atoms with E-state index in [-0.39, 0.29) is 71.0 Å². The molecule has 1 aliphatic heterocycles. The molecule has 0 bridgehead atoms. The zero-order valence-electron chi connectivity index (χ0n) is 18.2. The Morgan fingerprint density at radius 3 is 2.26 bits per heavy atom. The molecular formula is C25H24O9. The van der Waals surface area contributed by atoms with E-state index in [0.717, 1.165) is 0 Å². The second-order valence-electron chi connectivity index (χ2n) is 8.10. The van der Waals surface area contributed by atoms with Gasteiger partial charge in [-0.15, -0.1) is 0 Å². The van der Waals surface area contributed by atoms with Crippen molar-refractivity contribution in [3.8, 4) is 46.0 Å². The lowest BCUT2D eigenvalue weighted by atomic mass is 9.82. The van der Waals surface area contributed by atoms with Crippen LogP contribution < -0.4 is 9.47 Å². The first-order valence-corrected chi connectivity index (χ1v) is 10.6. The number of ether oxygens (including phenoxy) is 2. The van der Waals surface area contributed by atoms with Crippen molar-refractivity contribution in [2.45, 2.75) is 25.9 Å². The van der Waals surface area contributed by atoms with Crippen molar-refractivity contribution in [1.82, 2.24) is 0 Å². The molecule has 34 heavy (non-hydrogen) atoms. The van der Waals surface area contributed by atoms with Crippen molar-refractivity contribution in [1.29, 1.82) is 0 Å². The van der Waals surface area contributed by atoms with Gasteiger partial charge in [0.15, 0.2) is 28.8 Å². The molecule has 9 nitrogen and oxygen atoms in total. The number of benzene rings is 3. The standard InChI is InChI=1S/C25H24O9/c1-2-33-25-21(31)7-13(8-22(25)32)18(28)9-14-5-16-19(29)10-15(26)11-23(16)34-24(14)12-3-4-17(27)20(30)6-12/h3-4,6-8,10-11,14,24,26-27,29-32H,2,5,9H2,1H3/t14-,24-/m0/s1. The molecule has 6 N–H and O–H groups in total. The molecule has 3 aromatic rings. The summed E-state index contributed by atoms with van der Waals surface area (Å²) in [6.45, 7) is 1.91. The maximum absolute atomic E-state index is 13.1. The van der Waals surface area contributed by atoms with Crippen molar-refractivity contribution in [3.05, 3.63) is 59.2 Å². The number of Topliss-reactive ketones (excluding diaryl/α,β-unsaturated/α-hetero) is 1. The minimum atomic E-state index is -0.769. The molecule has 9 heteroatoms. The van der Waals surface area contributed by atoms with Gasteiger partial charge >= 0.3 is 0 Å². The molecule has 0 aliphatic carbocycles. The molecule has 0 unspecified atom stereocenters. The molecular weight excluding hydrogens is 444 g/mol. The third-order valence-electron chi connectivity index (χ3n) is 5.75. The van der Waals surface area contributed by atoms with E-state index in [1.54, 1.807) is 13.0 Å². The summed E-state index contributed by atoms with van der Waals surface area (Å²) in [6.07, 6.45) is -0.665. The first-order valence-electron chi connectivity index (χ1n) is 10.6. The summed E-state index contributed by atoms with van der Waals surface area (Å²) in [5.41, 5.74) is 0.942. The molecule has 1 aliphatic rings. The first kappa shape index (κ1) is 22.9. The van der Waals surface area contributed by atoms with Crippen molar-refractivity contribution in [2.75, 3.05) is 6.61 Å². The van der Waals surface area contributed by atoms with Crippen LogP contribution in [0.4, 0.5) is 0 Å². The van der Waals surface area contributed by atoms with E-state index >= 15 is 0 Å². The van der Waals surface area contributed by atoms with Gasteiger partial charge in [-0.2, -0.15) is 0 Å². The van der Waals surface area contributed by atoms with Crippen LogP contribution in [0.25, 0.3) is 0 Å². The van der Waals surface area contributed by atoms with Gasteiger partial charge in [-0.1, -0.05) is 6.07 Å². The number of ketones is 1. The Bertz CT molecular complexity index is 1230. The molecule has 0 aromatic heterocycles. The molecule has 3 aromatic carbocycles. The van der Waals surface area contributed by atoms with Crippen molar-refractivity contribution in [3.63, 3.8) is 0 Å². The normalized spacial score (nSPS) is 17.0. The lowest BCUT2D eigenvalue weighted by Crippen LogP contribution is -2.28. The molecule has 0 radical (unpaired) electrons. The Kier molecular flexibility index (Phi) is 6.02. The van der Waals surface area contributed by atoms with Crippen LogP contribution >= 0.6 is 0 Å². The van der Waals surface area contributed by atoms with Gasteiger partial charge in [0.1, 0.15) is 23.4 Å².